The van der Waals surface area contributed by atoms with Gasteiger partial charge in [-0.1, -0.05) is 36.8 Å². The first-order valence-corrected chi connectivity index (χ1v) is 10.1. The van der Waals surface area contributed by atoms with Crippen molar-refractivity contribution in [2.45, 2.75) is 32.1 Å². The van der Waals surface area contributed by atoms with Gasteiger partial charge in [-0.05, 0) is 42.9 Å². The van der Waals surface area contributed by atoms with Gasteiger partial charge in [0.15, 0.2) is 0 Å². The molecule has 2 aromatic rings. The zero-order valence-corrected chi connectivity index (χ0v) is 16.4. The molecule has 2 amide bonds. The van der Waals surface area contributed by atoms with Gasteiger partial charge in [0.05, 0.1) is 5.41 Å². The van der Waals surface area contributed by atoms with E-state index >= 15 is 0 Å². The lowest BCUT2D eigenvalue weighted by molar-refractivity contribution is -0.138. The third kappa shape index (κ3) is 3.41. The monoisotopic (exact) mass is 377 g/mol. The van der Waals surface area contributed by atoms with E-state index in [1.807, 2.05) is 35.4 Å². The molecular formula is C23H27N3O2. The number of hydrogen-bond donors (Lipinski definition) is 1. The van der Waals surface area contributed by atoms with Crippen molar-refractivity contribution in [3.63, 3.8) is 0 Å². The Balaban J connectivity index is 1.62. The predicted molar refractivity (Wildman–Crippen MR) is 108 cm³/mol. The smallest absolute Gasteiger partial charge is 0.228 e. The maximum Gasteiger partial charge on any atom is 0.228 e. The summed E-state index contributed by atoms with van der Waals surface area (Å²) in [7, 11) is 1.69. The van der Waals surface area contributed by atoms with Crippen LogP contribution in [0, 0.1) is 11.3 Å². The first-order valence-electron chi connectivity index (χ1n) is 10.1. The van der Waals surface area contributed by atoms with Crippen molar-refractivity contribution in [2.24, 2.45) is 11.3 Å². The Labute approximate surface area is 166 Å². The van der Waals surface area contributed by atoms with Crippen LogP contribution in [0.4, 0.5) is 0 Å². The van der Waals surface area contributed by atoms with Crippen molar-refractivity contribution in [3.05, 3.63) is 54.4 Å². The molecule has 0 radical (unpaired) electrons. The van der Waals surface area contributed by atoms with E-state index < -0.39 is 5.41 Å². The van der Waals surface area contributed by atoms with Gasteiger partial charge in [-0.25, -0.2) is 0 Å². The van der Waals surface area contributed by atoms with Gasteiger partial charge in [0, 0.05) is 44.0 Å². The summed E-state index contributed by atoms with van der Waals surface area (Å²) in [5.74, 6) is 0.429. The summed E-state index contributed by atoms with van der Waals surface area (Å²) < 4.78 is 0. The fourth-order valence-electron chi connectivity index (χ4n) is 4.49. The maximum atomic E-state index is 12.9. The second-order valence-electron chi connectivity index (χ2n) is 8.07. The summed E-state index contributed by atoms with van der Waals surface area (Å²) in [6, 6.07) is 12.2. The lowest BCUT2D eigenvalue weighted by atomic mass is 9.78. The molecule has 5 heteroatoms. The zero-order valence-electron chi connectivity index (χ0n) is 16.4. The SMILES string of the molecule is CNC(=O)C1(Cc2ccccc2-c2cccnc2)CCN(C(=O)C2CCC2)C1. The molecular weight excluding hydrogens is 350 g/mol. The molecule has 1 aliphatic heterocycles. The second-order valence-corrected chi connectivity index (χ2v) is 8.07. The highest BCUT2D eigenvalue weighted by molar-refractivity contribution is 5.86. The fourth-order valence-corrected chi connectivity index (χ4v) is 4.49. The number of benzene rings is 1. The molecule has 5 nitrogen and oxygen atoms in total. The van der Waals surface area contributed by atoms with E-state index in [0.717, 1.165) is 36.0 Å². The van der Waals surface area contributed by atoms with Crippen LogP contribution in [0.15, 0.2) is 48.8 Å². The molecule has 1 N–H and O–H groups in total. The topological polar surface area (TPSA) is 62.3 Å². The third-order valence-electron chi connectivity index (χ3n) is 6.35. The van der Waals surface area contributed by atoms with Gasteiger partial charge in [0.25, 0.3) is 0 Å². The lowest BCUT2D eigenvalue weighted by Crippen LogP contribution is -2.45. The van der Waals surface area contributed by atoms with Gasteiger partial charge in [-0.15, -0.1) is 0 Å². The Kier molecular flexibility index (Phi) is 5.16. The van der Waals surface area contributed by atoms with Gasteiger partial charge in [0.1, 0.15) is 0 Å². The quantitative estimate of drug-likeness (QED) is 0.871. The van der Waals surface area contributed by atoms with Crippen LogP contribution in [0.3, 0.4) is 0 Å². The van der Waals surface area contributed by atoms with Crippen molar-refractivity contribution in [2.75, 3.05) is 20.1 Å². The maximum absolute atomic E-state index is 12.9. The minimum Gasteiger partial charge on any atom is -0.359 e. The van der Waals surface area contributed by atoms with Crippen LogP contribution < -0.4 is 5.32 Å². The molecule has 2 aliphatic rings. The number of likely N-dealkylation sites (tertiary alicyclic amines) is 1. The van der Waals surface area contributed by atoms with Crippen LogP contribution in [0.5, 0.6) is 0 Å². The van der Waals surface area contributed by atoms with Crippen LogP contribution in [-0.4, -0.2) is 41.8 Å². The number of nitrogens with one attached hydrogen (secondary N) is 1. The van der Waals surface area contributed by atoms with E-state index in [2.05, 4.69) is 22.4 Å². The zero-order chi connectivity index (χ0) is 19.6. The van der Waals surface area contributed by atoms with Crippen LogP contribution in [0.1, 0.15) is 31.2 Å². The van der Waals surface area contributed by atoms with E-state index in [1.54, 1.807) is 13.2 Å². The molecule has 1 saturated heterocycles. The molecule has 0 spiro atoms. The average molecular weight is 377 g/mol. The third-order valence-corrected chi connectivity index (χ3v) is 6.35. The molecule has 1 aromatic heterocycles. The normalized spacial score (nSPS) is 22.0. The standard InChI is InChI=1S/C23H27N3O2/c1-24-22(28)23(11-13-26(16-23)21(27)17-7-4-8-17)14-18-6-2-3-10-20(18)19-9-5-12-25-15-19/h2-3,5-6,9-10,12,15,17H,4,7-8,11,13-14,16H2,1H3,(H,24,28). The molecule has 2 fully saturated rings. The van der Waals surface area contributed by atoms with E-state index in [-0.39, 0.29) is 17.7 Å². The van der Waals surface area contributed by atoms with Crippen LogP contribution >= 0.6 is 0 Å². The molecule has 146 valence electrons. The van der Waals surface area contributed by atoms with Crippen molar-refractivity contribution in [1.29, 1.82) is 0 Å². The van der Waals surface area contributed by atoms with Gasteiger partial charge < -0.3 is 10.2 Å². The second kappa shape index (κ2) is 7.74. The molecule has 1 aromatic carbocycles. The van der Waals surface area contributed by atoms with Gasteiger partial charge in [0.2, 0.25) is 11.8 Å². The first kappa shape index (κ1) is 18.7. The molecule has 1 saturated carbocycles. The number of hydrogen-bond acceptors (Lipinski definition) is 3. The molecule has 1 atom stereocenters. The molecule has 28 heavy (non-hydrogen) atoms. The fraction of sp³-hybridized carbons (Fsp3) is 0.435. The van der Waals surface area contributed by atoms with E-state index in [1.165, 1.54) is 0 Å². The first-order chi connectivity index (χ1) is 13.6. The van der Waals surface area contributed by atoms with Gasteiger partial charge in [-0.3, -0.25) is 14.6 Å². The lowest BCUT2D eigenvalue weighted by Gasteiger charge is -2.32. The number of amides is 2. The molecule has 4 rings (SSSR count). The molecule has 1 unspecified atom stereocenters. The molecule has 0 bridgehead atoms. The van der Waals surface area contributed by atoms with Gasteiger partial charge >= 0.3 is 0 Å². The van der Waals surface area contributed by atoms with Crippen LogP contribution in [0.25, 0.3) is 11.1 Å². The number of carbonyl (C=O) groups is 2. The summed E-state index contributed by atoms with van der Waals surface area (Å²) in [6.07, 6.45) is 8.06. The van der Waals surface area contributed by atoms with E-state index in [9.17, 15) is 9.59 Å². The summed E-state index contributed by atoms with van der Waals surface area (Å²) >= 11 is 0. The number of carbonyl (C=O) groups excluding carboxylic acids is 2. The Morgan fingerprint density at radius 3 is 2.71 bits per heavy atom. The highest BCUT2D eigenvalue weighted by Crippen LogP contribution is 2.39. The number of pyridine rings is 1. The largest absolute Gasteiger partial charge is 0.359 e. The number of nitrogens with zero attached hydrogens (tertiary/aromatic N) is 2. The Morgan fingerprint density at radius 1 is 1.21 bits per heavy atom. The number of aromatic nitrogens is 1. The summed E-state index contributed by atoms with van der Waals surface area (Å²) in [4.78, 5) is 31.9. The number of rotatable bonds is 5. The summed E-state index contributed by atoms with van der Waals surface area (Å²) in [6.45, 7) is 1.17. The molecule has 2 heterocycles. The highest BCUT2D eigenvalue weighted by atomic mass is 16.2. The van der Waals surface area contributed by atoms with Crippen molar-refractivity contribution in [3.8, 4) is 11.1 Å². The van der Waals surface area contributed by atoms with Crippen molar-refractivity contribution in [1.82, 2.24) is 15.2 Å². The van der Waals surface area contributed by atoms with Gasteiger partial charge in [-0.2, -0.15) is 0 Å². The minimum absolute atomic E-state index is 0.0254. The van der Waals surface area contributed by atoms with E-state index in [0.29, 0.717) is 25.9 Å². The summed E-state index contributed by atoms with van der Waals surface area (Å²) in [5.41, 5.74) is 2.69. The summed E-state index contributed by atoms with van der Waals surface area (Å²) in [5, 5.41) is 2.85. The average Bonchev–Trinajstić information content (AvgIpc) is 3.12. The van der Waals surface area contributed by atoms with Crippen molar-refractivity contribution < 1.29 is 9.59 Å². The van der Waals surface area contributed by atoms with Crippen LogP contribution in [0.2, 0.25) is 0 Å². The Hall–Kier alpha value is -2.69. The van der Waals surface area contributed by atoms with Crippen LogP contribution in [-0.2, 0) is 16.0 Å². The predicted octanol–water partition coefficient (Wildman–Crippen LogP) is 3.06. The minimum atomic E-state index is -0.577. The Morgan fingerprint density at radius 2 is 2.04 bits per heavy atom. The van der Waals surface area contributed by atoms with Crippen molar-refractivity contribution >= 4 is 11.8 Å². The van der Waals surface area contributed by atoms with E-state index in [4.69, 9.17) is 0 Å². The molecule has 1 aliphatic carbocycles. The Bertz CT molecular complexity index is 863. The highest BCUT2D eigenvalue weighted by Gasteiger charge is 2.47.